The van der Waals surface area contributed by atoms with Crippen molar-refractivity contribution in [2.24, 2.45) is 0 Å². The van der Waals surface area contributed by atoms with Crippen LogP contribution in [0.25, 0.3) is 0 Å². The number of rotatable bonds is 5. The van der Waals surface area contributed by atoms with E-state index in [4.69, 9.17) is 9.15 Å². The van der Waals surface area contributed by atoms with E-state index in [0.717, 1.165) is 17.7 Å². The molecule has 0 aliphatic rings. The molecule has 0 unspecified atom stereocenters. The number of furan rings is 1. The third kappa shape index (κ3) is 3.25. The Morgan fingerprint density at radius 1 is 1.38 bits per heavy atom. The molecule has 0 bridgehead atoms. The zero-order chi connectivity index (χ0) is 15.4. The van der Waals surface area contributed by atoms with Gasteiger partial charge in [0.1, 0.15) is 11.5 Å². The van der Waals surface area contributed by atoms with Crippen LogP contribution in [0.4, 0.5) is 5.69 Å². The predicted octanol–water partition coefficient (Wildman–Crippen LogP) is 2.90. The Labute approximate surface area is 123 Å². The van der Waals surface area contributed by atoms with Gasteiger partial charge >= 0.3 is 0 Å². The number of benzene rings is 1. The van der Waals surface area contributed by atoms with Crippen molar-refractivity contribution in [1.82, 2.24) is 0 Å². The maximum absolute atomic E-state index is 12.2. The van der Waals surface area contributed by atoms with Crippen molar-refractivity contribution in [1.29, 1.82) is 0 Å². The fourth-order valence-corrected chi connectivity index (χ4v) is 2.12. The maximum Gasteiger partial charge on any atom is 0.291 e. The van der Waals surface area contributed by atoms with Crippen LogP contribution in [0.2, 0.25) is 0 Å². The van der Waals surface area contributed by atoms with Gasteiger partial charge in [0.15, 0.2) is 5.76 Å². The first kappa shape index (κ1) is 15.1. The van der Waals surface area contributed by atoms with Gasteiger partial charge in [-0.25, -0.2) is 0 Å². The summed E-state index contributed by atoms with van der Waals surface area (Å²) in [7, 11) is 1.53. The summed E-state index contributed by atoms with van der Waals surface area (Å²) in [5, 5.41) is 12.1. The summed E-state index contributed by atoms with van der Waals surface area (Å²) in [5.41, 5.74) is 2.00. The van der Waals surface area contributed by atoms with Gasteiger partial charge in [-0.2, -0.15) is 0 Å². The summed E-state index contributed by atoms with van der Waals surface area (Å²) in [5.74, 6) is 1.37. The molecule has 2 aromatic rings. The summed E-state index contributed by atoms with van der Waals surface area (Å²) in [4.78, 5) is 12.2. The van der Waals surface area contributed by atoms with Crippen molar-refractivity contribution < 1.29 is 19.1 Å². The lowest BCUT2D eigenvalue weighted by Crippen LogP contribution is -2.12. The molecule has 5 nitrogen and oxygen atoms in total. The molecule has 0 aliphatic heterocycles. The Bertz CT molecular complexity index is 646. The van der Waals surface area contributed by atoms with Crippen LogP contribution in [-0.4, -0.2) is 18.1 Å². The first-order valence-corrected chi connectivity index (χ1v) is 6.77. The molecule has 21 heavy (non-hydrogen) atoms. The fraction of sp³-hybridized carbons (Fsp3) is 0.312. The van der Waals surface area contributed by atoms with E-state index in [1.807, 2.05) is 19.9 Å². The molecule has 0 atom stereocenters. The molecule has 1 heterocycles. The van der Waals surface area contributed by atoms with Gasteiger partial charge in [0.05, 0.1) is 13.7 Å². The number of carbonyl (C=O) groups is 1. The zero-order valence-corrected chi connectivity index (χ0v) is 12.4. The normalized spacial score (nSPS) is 10.5. The van der Waals surface area contributed by atoms with Crippen molar-refractivity contribution >= 4 is 11.6 Å². The van der Waals surface area contributed by atoms with Crippen LogP contribution in [0.5, 0.6) is 5.75 Å². The first-order chi connectivity index (χ1) is 10.1. The molecule has 2 N–H and O–H groups in total. The number of aliphatic hydroxyl groups excluding tert-OH is 1. The second-order valence-corrected chi connectivity index (χ2v) is 4.72. The molecule has 0 radical (unpaired) electrons. The van der Waals surface area contributed by atoms with Crippen molar-refractivity contribution in [2.45, 2.75) is 26.9 Å². The maximum atomic E-state index is 12.2. The lowest BCUT2D eigenvalue weighted by Gasteiger charge is -2.09. The van der Waals surface area contributed by atoms with Crippen LogP contribution in [0.1, 0.15) is 34.4 Å². The fourth-order valence-electron chi connectivity index (χ4n) is 2.12. The SMILES string of the molecule is CCc1cc(C)c(C(=O)Nc2ccc(OC)c(CO)c2)o1. The Balaban J connectivity index is 2.21. The predicted molar refractivity (Wildman–Crippen MR) is 79.7 cm³/mol. The lowest BCUT2D eigenvalue weighted by molar-refractivity contribution is 0.0994. The minimum absolute atomic E-state index is 0.160. The minimum atomic E-state index is -0.304. The number of aliphatic hydroxyl groups is 1. The van der Waals surface area contributed by atoms with E-state index < -0.39 is 0 Å². The third-order valence-corrected chi connectivity index (χ3v) is 3.23. The Morgan fingerprint density at radius 2 is 2.14 bits per heavy atom. The molecule has 0 aliphatic carbocycles. The zero-order valence-electron chi connectivity index (χ0n) is 12.4. The van der Waals surface area contributed by atoms with E-state index in [2.05, 4.69) is 5.32 Å². The topological polar surface area (TPSA) is 71.7 Å². The molecule has 112 valence electrons. The minimum Gasteiger partial charge on any atom is -0.496 e. The van der Waals surface area contributed by atoms with Gasteiger partial charge in [0.2, 0.25) is 0 Å². The van der Waals surface area contributed by atoms with Crippen LogP contribution in [0, 0.1) is 6.92 Å². The van der Waals surface area contributed by atoms with E-state index in [-0.39, 0.29) is 12.5 Å². The summed E-state index contributed by atoms with van der Waals surface area (Å²) < 4.78 is 10.6. The molecule has 1 aromatic heterocycles. The van der Waals surface area contributed by atoms with Gasteiger partial charge in [-0.3, -0.25) is 4.79 Å². The largest absolute Gasteiger partial charge is 0.496 e. The smallest absolute Gasteiger partial charge is 0.291 e. The van der Waals surface area contributed by atoms with Crippen LogP contribution in [-0.2, 0) is 13.0 Å². The highest BCUT2D eigenvalue weighted by molar-refractivity contribution is 6.03. The molecule has 1 aromatic carbocycles. The van der Waals surface area contributed by atoms with Gasteiger partial charge in [-0.15, -0.1) is 0 Å². The van der Waals surface area contributed by atoms with Crippen molar-refractivity contribution in [3.05, 3.63) is 46.9 Å². The van der Waals surface area contributed by atoms with E-state index in [0.29, 0.717) is 22.8 Å². The van der Waals surface area contributed by atoms with Crippen LogP contribution in [0.3, 0.4) is 0 Å². The summed E-state index contributed by atoms with van der Waals surface area (Å²) in [6, 6.07) is 6.96. The Morgan fingerprint density at radius 3 is 2.71 bits per heavy atom. The van der Waals surface area contributed by atoms with Crippen LogP contribution < -0.4 is 10.1 Å². The number of aryl methyl sites for hydroxylation is 2. The summed E-state index contributed by atoms with van der Waals surface area (Å²) in [6.07, 6.45) is 0.741. The molecule has 2 rings (SSSR count). The Hall–Kier alpha value is -2.27. The molecule has 5 heteroatoms. The van der Waals surface area contributed by atoms with E-state index in [1.54, 1.807) is 18.2 Å². The van der Waals surface area contributed by atoms with Crippen molar-refractivity contribution in [3.8, 4) is 5.75 Å². The molecule has 0 saturated heterocycles. The monoisotopic (exact) mass is 289 g/mol. The number of methoxy groups -OCH3 is 1. The van der Waals surface area contributed by atoms with Gasteiger partial charge in [0, 0.05) is 23.2 Å². The highest BCUT2D eigenvalue weighted by atomic mass is 16.5. The Kier molecular flexibility index (Phi) is 4.65. The molecule has 0 fully saturated rings. The quantitative estimate of drug-likeness (QED) is 0.887. The highest BCUT2D eigenvalue weighted by Gasteiger charge is 2.16. The third-order valence-electron chi connectivity index (χ3n) is 3.23. The van der Waals surface area contributed by atoms with Gasteiger partial charge < -0.3 is 19.6 Å². The lowest BCUT2D eigenvalue weighted by atomic mass is 10.2. The number of carbonyl (C=O) groups excluding carboxylic acids is 1. The second kappa shape index (κ2) is 6.45. The molecule has 1 amide bonds. The van der Waals surface area contributed by atoms with Gasteiger partial charge in [-0.05, 0) is 31.2 Å². The number of hydrogen-bond acceptors (Lipinski definition) is 4. The number of hydrogen-bond donors (Lipinski definition) is 2. The van der Waals surface area contributed by atoms with E-state index in [9.17, 15) is 9.90 Å². The number of anilines is 1. The summed E-state index contributed by atoms with van der Waals surface area (Å²) in [6.45, 7) is 3.65. The molecular formula is C16H19NO4. The first-order valence-electron chi connectivity index (χ1n) is 6.77. The summed E-state index contributed by atoms with van der Waals surface area (Å²) >= 11 is 0. The average molecular weight is 289 g/mol. The number of amides is 1. The van der Waals surface area contributed by atoms with Crippen molar-refractivity contribution in [3.63, 3.8) is 0 Å². The van der Waals surface area contributed by atoms with Crippen LogP contribution in [0.15, 0.2) is 28.7 Å². The highest BCUT2D eigenvalue weighted by Crippen LogP contribution is 2.23. The second-order valence-electron chi connectivity index (χ2n) is 4.72. The van der Waals surface area contributed by atoms with Crippen LogP contribution >= 0.6 is 0 Å². The molecule has 0 saturated carbocycles. The van der Waals surface area contributed by atoms with E-state index in [1.165, 1.54) is 7.11 Å². The van der Waals surface area contributed by atoms with Gasteiger partial charge in [-0.1, -0.05) is 6.92 Å². The average Bonchev–Trinajstić information content (AvgIpc) is 2.88. The number of nitrogens with one attached hydrogen (secondary N) is 1. The van der Waals surface area contributed by atoms with Gasteiger partial charge in [0.25, 0.3) is 5.91 Å². The molecule has 0 spiro atoms. The standard InChI is InChI=1S/C16H19NO4/c1-4-13-7-10(2)15(21-13)16(19)17-12-5-6-14(20-3)11(8-12)9-18/h5-8,18H,4,9H2,1-3H3,(H,17,19). The number of ether oxygens (including phenoxy) is 1. The molecular weight excluding hydrogens is 270 g/mol. The van der Waals surface area contributed by atoms with Crippen molar-refractivity contribution in [2.75, 3.05) is 12.4 Å². The van der Waals surface area contributed by atoms with E-state index >= 15 is 0 Å².